The van der Waals surface area contributed by atoms with Crippen LogP contribution in [0.4, 0.5) is 0 Å². The minimum atomic E-state index is -1.10. The molecule has 0 fully saturated rings. The van der Waals surface area contributed by atoms with E-state index in [-0.39, 0.29) is 5.56 Å². The van der Waals surface area contributed by atoms with Crippen molar-refractivity contribution in [1.82, 2.24) is 4.98 Å². The number of aromatic carboxylic acids is 1. The summed E-state index contributed by atoms with van der Waals surface area (Å²) in [7, 11) is 0. The van der Waals surface area contributed by atoms with E-state index in [1.54, 1.807) is 0 Å². The molecule has 0 aliphatic heterocycles. The van der Waals surface area contributed by atoms with E-state index < -0.39 is 11.5 Å². The molecule has 1 heterocycles. The van der Waals surface area contributed by atoms with Crippen LogP contribution in [0.2, 0.25) is 0 Å². The van der Waals surface area contributed by atoms with Crippen molar-refractivity contribution in [1.29, 1.82) is 0 Å². The number of aryl methyl sites for hydroxylation is 3. The molecule has 2 N–H and O–H groups in total. The highest BCUT2D eigenvalue weighted by Gasteiger charge is 2.10. The molecular formula is C15H15NO3. The van der Waals surface area contributed by atoms with Crippen LogP contribution in [0.25, 0.3) is 11.3 Å². The maximum Gasteiger partial charge on any atom is 0.335 e. The van der Waals surface area contributed by atoms with Gasteiger partial charge in [0.25, 0.3) is 0 Å². The minimum Gasteiger partial charge on any atom is -0.478 e. The van der Waals surface area contributed by atoms with Crippen LogP contribution in [0.1, 0.15) is 27.0 Å². The molecule has 0 amide bonds. The van der Waals surface area contributed by atoms with Crippen LogP contribution in [-0.2, 0) is 0 Å². The summed E-state index contributed by atoms with van der Waals surface area (Å²) >= 11 is 0. The Labute approximate surface area is 110 Å². The monoisotopic (exact) mass is 257 g/mol. The topological polar surface area (TPSA) is 70.2 Å². The van der Waals surface area contributed by atoms with E-state index >= 15 is 0 Å². The molecule has 0 atom stereocenters. The number of aromatic amines is 1. The highest BCUT2D eigenvalue weighted by Crippen LogP contribution is 2.24. The van der Waals surface area contributed by atoms with Gasteiger partial charge in [0.2, 0.25) is 5.56 Å². The molecule has 0 saturated carbocycles. The highest BCUT2D eigenvalue weighted by molar-refractivity contribution is 5.89. The van der Waals surface area contributed by atoms with Crippen molar-refractivity contribution < 1.29 is 9.90 Å². The van der Waals surface area contributed by atoms with Crippen LogP contribution in [0.3, 0.4) is 0 Å². The summed E-state index contributed by atoms with van der Waals surface area (Å²) in [5.74, 6) is -1.10. The number of nitrogens with one attached hydrogen (secondary N) is 1. The van der Waals surface area contributed by atoms with Crippen molar-refractivity contribution in [3.05, 3.63) is 56.9 Å². The van der Waals surface area contributed by atoms with Crippen LogP contribution < -0.4 is 5.56 Å². The average molecular weight is 257 g/mol. The van der Waals surface area contributed by atoms with Gasteiger partial charge < -0.3 is 10.1 Å². The van der Waals surface area contributed by atoms with Crippen molar-refractivity contribution in [3.8, 4) is 11.3 Å². The quantitative estimate of drug-likeness (QED) is 0.868. The molecule has 0 aliphatic rings. The van der Waals surface area contributed by atoms with Gasteiger partial charge in [0, 0.05) is 17.3 Å². The Kier molecular flexibility index (Phi) is 3.25. The number of carboxylic acid groups (broad SMARTS) is 1. The largest absolute Gasteiger partial charge is 0.478 e. The molecule has 4 heteroatoms. The van der Waals surface area contributed by atoms with Gasteiger partial charge in [-0.25, -0.2) is 4.79 Å². The Bertz CT molecular complexity index is 714. The molecule has 1 aromatic heterocycles. The molecule has 2 rings (SSSR count). The van der Waals surface area contributed by atoms with Crippen LogP contribution >= 0.6 is 0 Å². The van der Waals surface area contributed by atoms with E-state index in [1.165, 1.54) is 6.07 Å². The van der Waals surface area contributed by atoms with Gasteiger partial charge in [-0.05, 0) is 49.6 Å². The summed E-state index contributed by atoms with van der Waals surface area (Å²) in [4.78, 5) is 25.2. The summed E-state index contributed by atoms with van der Waals surface area (Å²) < 4.78 is 0. The summed E-state index contributed by atoms with van der Waals surface area (Å²) in [5, 5.41) is 9.00. The molecule has 19 heavy (non-hydrogen) atoms. The molecule has 2 aromatic rings. The number of pyridine rings is 1. The summed E-state index contributed by atoms with van der Waals surface area (Å²) in [6, 6.07) is 6.56. The van der Waals surface area contributed by atoms with Gasteiger partial charge in [-0.3, -0.25) is 4.79 Å². The first-order valence-electron chi connectivity index (χ1n) is 5.94. The Morgan fingerprint density at radius 3 is 2.26 bits per heavy atom. The van der Waals surface area contributed by atoms with Crippen molar-refractivity contribution in [2.45, 2.75) is 20.8 Å². The smallest absolute Gasteiger partial charge is 0.335 e. The fraction of sp³-hybridized carbons (Fsp3) is 0.200. The maximum absolute atomic E-state index is 11.5. The fourth-order valence-corrected chi connectivity index (χ4v) is 2.06. The number of hydrogen-bond donors (Lipinski definition) is 2. The summed E-state index contributed by atoms with van der Waals surface area (Å²) in [6.45, 7) is 5.94. The molecule has 0 saturated heterocycles. The first kappa shape index (κ1) is 13.1. The zero-order valence-electron chi connectivity index (χ0n) is 11.1. The zero-order chi connectivity index (χ0) is 14.2. The highest BCUT2D eigenvalue weighted by atomic mass is 16.4. The van der Waals surface area contributed by atoms with Crippen molar-refractivity contribution >= 4 is 5.97 Å². The molecule has 0 bridgehead atoms. The lowest BCUT2D eigenvalue weighted by Gasteiger charge is -2.10. The second-order valence-electron chi connectivity index (χ2n) is 4.70. The summed E-state index contributed by atoms with van der Waals surface area (Å²) in [5.41, 5.74) is 4.24. The predicted octanol–water partition coefficient (Wildman–Crippen LogP) is 2.67. The van der Waals surface area contributed by atoms with Crippen LogP contribution in [-0.4, -0.2) is 16.1 Å². The molecule has 0 spiro atoms. The number of hydrogen-bond acceptors (Lipinski definition) is 2. The first-order valence-corrected chi connectivity index (χ1v) is 5.94. The lowest BCUT2D eigenvalue weighted by atomic mass is 9.98. The van der Waals surface area contributed by atoms with Crippen LogP contribution in [0.15, 0.2) is 29.1 Å². The molecule has 0 radical (unpaired) electrons. The van der Waals surface area contributed by atoms with Crippen LogP contribution in [0, 0.1) is 20.8 Å². The lowest BCUT2D eigenvalue weighted by Crippen LogP contribution is -2.10. The van der Waals surface area contributed by atoms with Gasteiger partial charge in [-0.1, -0.05) is 6.07 Å². The second kappa shape index (κ2) is 4.72. The van der Waals surface area contributed by atoms with Crippen molar-refractivity contribution in [2.75, 3.05) is 0 Å². The molecule has 0 unspecified atom stereocenters. The van der Waals surface area contributed by atoms with Crippen molar-refractivity contribution in [3.63, 3.8) is 0 Å². The summed E-state index contributed by atoms with van der Waals surface area (Å²) in [6.07, 6.45) is 0. The number of rotatable bonds is 2. The molecule has 4 nitrogen and oxygen atoms in total. The lowest BCUT2D eigenvalue weighted by molar-refractivity contribution is 0.0696. The Morgan fingerprint density at radius 2 is 1.63 bits per heavy atom. The van der Waals surface area contributed by atoms with Crippen molar-refractivity contribution in [2.24, 2.45) is 0 Å². The van der Waals surface area contributed by atoms with Crippen LogP contribution in [0.5, 0.6) is 0 Å². The Balaban J connectivity index is 2.68. The third-order valence-electron chi connectivity index (χ3n) is 3.22. The van der Waals surface area contributed by atoms with E-state index in [4.69, 9.17) is 5.11 Å². The van der Waals surface area contributed by atoms with E-state index in [1.807, 2.05) is 32.9 Å². The number of H-pyrrole nitrogens is 1. The molecule has 1 aromatic carbocycles. The SMILES string of the molecule is Cc1cc(C)c(-c2cc(C(=O)O)cc(=O)[nH]2)cc1C. The second-order valence-corrected chi connectivity index (χ2v) is 4.70. The third-order valence-corrected chi connectivity index (χ3v) is 3.22. The molecular weight excluding hydrogens is 242 g/mol. The normalized spacial score (nSPS) is 10.5. The van der Waals surface area contributed by atoms with Gasteiger partial charge >= 0.3 is 5.97 Å². The van der Waals surface area contributed by atoms with Gasteiger partial charge in [0.15, 0.2) is 0 Å². The van der Waals surface area contributed by atoms with E-state index in [0.717, 1.165) is 28.3 Å². The first-order chi connectivity index (χ1) is 8.88. The van der Waals surface area contributed by atoms with E-state index in [9.17, 15) is 9.59 Å². The predicted molar refractivity (Wildman–Crippen MR) is 73.7 cm³/mol. The zero-order valence-corrected chi connectivity index (χ0v) is 11.1. The number of carbonyl (C=O) groups is 1. The average Bonchev–Trinajstić information content (AvgIpc) is 2.33. The number of aromatic nitrogens is 1. The Hall–Kier alpha value is -2.36. The Morgan fingerprint density at radius 1 is 1.00 bits per heavy atom. The fourth-order valence-electron chi connectivity index (χ4n) is 2.06. The number of carboxylic acids is 1. The van der Waals surface area contributed by atoms with Gasteiger partial charge in [0.05, 0.1) is 5.56 Å². The minimum absolute atomic E-state index is 0.00335. The molecule has 0 aliphatic carbocycles. The standard InChI is InChI=1S/C15H15NO3/c1-8-4-10(3)12(5-9(8)2)13-6-11(15(18)19)7-14(17)16-13/h4-7H,1-3H3,(H,16,17)(H,18,19). The van der Waals surface area contributed by atoms with E-state index in [2.05, 4.69) is 4.98 Å². The maximum atomic E-state index is 11.5. The van der Waals surface area contributed by atoms with Gasteiger partial charge in [-0.15, -0.1) is 0 Å². The van der Waals surface area contributed by atoms with Gasteiger partial charge in [-0.2, -0.15) is 0 Å². The molecule has 98 valence electrons. The van der Waals surface area contributed by atoms with Gasteiger partial charge in [0.1, 0.15) is 0 Å². The van der Waals surface area contributed by atoms with E-state index in [0.29, 0.717) is 5.69 Å². The number of benzene rings is 1. The third kappa shape index (κ3) is 2.57.